The highest BCUT2D eigenvalue weighted by atomic mass is 16.1. The SMILES string of the molecule is C[C@@H]1c2ccccc2-c2ccccc2[C@H]1CC(=O)c1ccccc1. The summed E-state index contributed by atoms with van der Waals surface area (Å²) in [6, 6.07) is 26.8. The molecule has 4 rings (SSSR count). The Balaban J connectivity index is 1.75. The molecule has 0 heterocycles. The van der Waals surface area contributed by atoms with Crippen LogP contribution in [0.5, 0.6) is 0 Å². The van der Waals surface area contributed by atoms with E-state index in [1.165, 1.54) is 22.3 Å². The second-order valence-corrected chi connectivity index (χ2v) is 6.56. The molecule has 1 heteroatoms. The molecule has 0 amide bonds. The van der Waals surface area contributed by atoms with E-state index in [0.717, 1.165) is 5.56 Å². The van der Waals surface area contributed by atoms with Crippen molar-refractivity contribution in [1.82, 2.24) is 0 Å². The lowest BCUT2D eigenvalue weighted by molar-refractivity contribution is 0.0970. The molecule has 0 saturated carbocycles. The summed E-state index contributed by atoms with van der Waals surface area (Å²) >= 11 is 0. The highest BCUT2D eigenvalue weighted by Gasteiger charge is 2.31. The lowest BCUT2D eigenvalue weighted by Gasteiger charge is -2.33. The van der Waals surface area contributed by atoms with Crippen molar-refractivity contribution in [2.45, 2.75) is 25.2 Å². The van der Waals surface area contributed by atoms with Gasteiger partial charge in [0.15, 0.2) is 5.78 Å². The standard InChI is InChI=1S/C23H20O/c1-16-18-11-5-6-12-19(18)20-13-7-8-14-21(20)22(16)15-23(24)17-9-3-2-4-10-17/h2-14,16,22H,15H2,1H3/t16-,22+/m1/s1. The fourth-order valence-electron chi connectivity index (χ4n) is 3.92. The molecular weight excluding hydrogens is 292 g/mol. The molecule has 0 spiro atoms. The highest BCUT2D eigenvalue weighted by molar-refractivity contribution is 5.97. The minimum atomic E-state index is 0.224. The van der Waals surface area contributed by atoms with Crippen LogP contribution in [0.4, 0.5) is 0 Å². The molecule has 1 aliphatic rings. The third-order valence-electron chi connectivity index (χ3n) is 5.21. The van der Waals surface area contributed by atoms with Crippen molar-refractivity contribution >= 4 is 5.78 Å². The van der Waals surface area contributed by atoms with E-state index >= 15 is 0 Å². The number of rotatable bonds is 3. The van der Waals surface area contributed by atoms with Gasteiger partial charge < -0.3 is 0 Å². The lowest BCUT2D eigenvalue weighted by Crippen LogP contribution is -2.19. The van der Waals surface area contributed by atoms with Crippen LogP contribution in [0.15, 0.2) is 78.9 Å². The van der Waals surface area contributed by atoms with Crippen molar-refractivity contribution in [3.8, 4) is 11.1 Å². The van der Waals surface area contributed by atoms with E-state index in [4.69, 9.17) is 0 Å². The summed E-state index contributed by atoms with van der Waals surface area (Å²) in [5.41, 5.74) is 6.04. The first kappa shape index (κ1) is 14.9. The van der Waals surface area contributed by atoms with E-state index in [0.29, 0.717) is 12.3 Å². The zero-order chi connectivity index (χ0) is 16.5. The Hall–Kier alpha value is -2.67. The fourth-order valence-corrected chi connectivity index (χ4v) is 3.92. The molecule has 3 aromatic carbocycles. The molecule has 0 unspecified atom stereocenters. The van der Waals surface area contributed by atoms with E-state index in [1.807, 2.05) is 30.3 Å². The van der Waals surface area contributed by atoms with Gasteiger partial charge in [-0.05, 0) is 34.1 Å². The van der Waals surface area contributed by atoms with Crippen LogP contribution in [0.25, 0.3) is 11.1 Å². The zero-order valence-corrected chi connectivity index (χ0v) is 13.8. The maximum absolute atomic E-state index is 12.8. The first-order valence-electron chi connectivity index (χ1n) is 8.52. The Labute approximate surface area is 143 Å². The topological polar surface area (TPSA) is 17.1 Å². The molecule has 0 aromatic heterocycles. The van der Waals surface area contributed by atoms with E-state index in [2.05, 4.69) is 55.5 Å². The smallest absolute Gasteiger partial charge is 0.163 e. The number of carbonyl (C=O) groups is 1. The number of hydrogen-bond acceptors (Lipinski definition) is 1. The van der Waals surface area contributed by atoms with Gasteiger partial charge in [-0.3, -0.25) is 4.79 Å². The van der Waals surface area contributed by atoms with Gasteiger partial charge >= 0.3 is 0 Å². The first-order chi connectivity index (χ1) is 11.8. The van der Waals surface area contributed by atoms with Gasteiger partial charge in [-0.15, -0.1) is 0 Å². The van der Waals surface area contributed by atoms with Crippen molar-refractivity contribution in [3.63, 3.8) is 0 Å². The number of benzene rings is 3. The van der Waals surface area contributed by atoms with Crippen molar-refractivity contribution < 1.29 is 4.79 Å². The molecule has 0 N–H and O–H groups in total. The van der Waals surface area contributed by atoms with Crippen LogP contribution in [0, 0.1) is 0 Å². The third kappa shape index (κ3) is 2.46. The van der Waals surface area contributed by atoms with Crippen LogP contribution in [0.3, 0.4) is 0 Å². The lowest BCUT2D eigenvalue weighted by atomic mass is 9.70. The minimum absolute atomic E-state index is 0.224. The molecule has 1 aliphatic carbocycles. The monoisotopic (exact) mass is 312 g/mol. The van der Waals surface area contributed by atoms with Gasteiger partial charge in [0.2, 0.25) is 0 Å². The van der Waals surface area contributed by atoms with Crippen LogP contribution in [0.1, 0.15) is 46.7 Å². The van der Waals surface area contributed by atoms with Crippen molar-refractivity contribution in [2.24, 2.45) is 0 Å². The quantitative estimate of drug-likeness (QED) is 0.556. The van der Waals surface area contributed by atoms with Crippen molar-refractivity contribution in [2.75, 3.05) is 0 Å². The number of carbonyl (C=O) groups excluding carboxylic acids is 1. The zero-order valence-electron chi connectivity index (χ0n) is 13.8. The third-order valence-corrected chi connectivity index (χ3v) is 5.21. The maximum atomic E-state index is 12.8. The Morgan fingerprint density at radius 3 is 2.00 bits per heavy atom. The van der Waals surface area contributed by atoms with E-state index in [9.17, 15) is 4.79 Å². The van der Waals surface area contributed by atoms with Gasteiger partial charge in [-0.1, -0.05) is 85.8 Å². The Bertz CT molecular complexity index is 879. The maximum Gasteiger partial charge on any atom is 0.163 e. The average Bonchev–Trinajstić information content (AvgIpc) is 2.65. The number of Topliss-reactive ketones (excluding diaryl/α,β-unsaturated/α-hetero) is 1. The van der Waals surface area contributed by atoms with E-state index in [-0.39, 0.29) is 11.7 Å². The summed E-state index contributed by atoms with van der Waals surface area (Å²) in [6.45, 7) is 2.25. The summed E-state index contributed by atoms with van der Waals surface area (Å²) < 4.78 is 0. The van der Waals surface area contributed by atoms with Gasteiger partial charge in [0.25, 0.3) is 0 Å². The number of fused-ring (bicyclic) bond motifs is 3. The molecule has 0 bridgehead atoms. The second-order valence-electron chi connectivity index (χ2n) is 6.56. The number of hydrogen-bond donors (Lipinski definition) is 0. The summed E-state index contributed by atoms with van der Waals surface area (Å²) in [7, 11) is 0. The van der Waals surface area contributed by atoms with Crippen LogP contribution in [-0.2, 0) is 0 Å². The molecule has 0 radical (unpaired) electrons. The van der Waals surface area contributed by atoms with Crippen molar-refractivity contribution in [1.29, 1.82) is 0 Å². The van der Waals surface area contributed by atoms with Gasteiger partial charge in [0, 0.05) is 12.0 Å². The fraction of sp³-hybridized carbons (Fsp3) is 0.174. The first-order valence-corrected chi connectivity index (χ1v) is 8.52. The highest BCUT2D eigenvalue weighted by Crippen LogP contribution is 2.48. The van der Waals surface area contributed by atoms with Crippen molar-refractivity contribution in [3.05, 3.63) is 95.6 Å². The molecule has 0 fully saturated rings. The Morgan fingerprint density at radius 2 is 1.29 bits per heavy atom. The van der Waals surface area contributed by atoms with E-state index in [1.54, 1.807) is 0 Å². The van der Waals surface area contributed by atoms with Gasteiger partial charge in [0.1, 0.15) is 0 Å². The Morgan fingerprint density at radius 1 is 0.750 bits per heavy atom. The summed E-state index contributed by atoms with van der Waals surface area (Å²) in [6.07, 6.45) is 0.552. The number of ketones is 1. The normalized spacial score (nSPS) is 18.5. The molecule has 2 atom stereocenters. The van der Waals surface area contributed by atoms with Gasteiger partial charge in [-0.25, -0.2) is 0 Å². The van der Waals surface area contributed by atoms with Gasteiger partial charge in [-0.2, -0.15) is 0 Å². The second kappa shape index (κ2) is 6.09. The predicted octanol–water partition coefficient (Wildman–Crippen LogP) is 5.83. The summed E-state index contributed by atoms with van der Waals surface area (Å²) in [5.74, 6) is 0.786. The van der Waals surface area contributed by atoms with Gasteiger partial charge in [0.05, 0.1) is 0 Å². The minimum Gasteiger partial charge on any atom is -0.294 e. The van der Waals surface area contributed by atoms with Crippen LogP contribution >= 0.6 is 0 Å². The largest absolute Gasteiger partial charge is 0.294 e. The average molecular weight is 312 g/mol. The molecule has 24 heavy (non-hydrogen) atoms. The molecule has 118 valence electrons. The van der Waals surface area contributed by atoms with Crippen LogP contribution < -0.4 is 0 Å². The van der Waals surface area contributed by atoms with Crippen LogP contribution in [0.2, 0.25) is 0 Å². The van der Waals surface area contributed by atoms with Crippen LogP contribution in [-0.4, -0.2) is 5.78 Å². The molecule has 0 saturated heterocycles. The Kier molecular flexibility index (Phi) is 3.78. The summed E-state index contributed by atoms with van der Waals surface area (Å²) in [5, 5.41) is 0. The molecule has 0 aliphatic heterocycles. The molecular formula is C23H20O. The van der Waals surface area contributed by atoms with E-state index < -0.39 is 0 Å². The molecule has 1 nitrogen and oxygen atoms in total. The molecule has 3 aromatic rings. The predicted molar refractivity (Wildman–Crippen MR) is 98.4 cm³/mol. The summed E-state index contributed by atoms with van der Waals surface area (Å²) in [4.78, 5) is 12.8.